The summed E-state index contributed by atoms with van der Waals surface area (Å²) in [6.07, 6.45) is -4.09. The van der Waals surface area contributed by atoms with Gasteiger partial charge in [-0.1, -0.05) is 40.5 Å². The summed E-state index contributed by atoms with van der Waals surface area (Å²) in [7, 11) is 2.38. The highest BCUT2D eigenvalue weighted by molar-refractivity contribution is 6.33. The number of alkyl halides is 3. The Hall–Kier alpha value is -3.41. The van der Waals surface area contributed by atoms with E-state index in [0.29, 0.717) is 4.68 Å². The van der Waals surface area contributed by atoms with Crippen molar-refractivity contribution in [2.45, 2.75) is 6.18 Å². The van der Waals surface area contributed by atoms with E-state index in [2.05, 4.69) is 10.3 Å². The molecule has 1 amide bonds. The van der Waals surface area contributed by atoms with Crippen molar-refractivity contribution in [3.05, 3.63) is 75.8 Å². The topological polar surface area (TPSA) is 73.4 Å². The molecule has 0 spiro atoms. The molecule has 2 aromatic heterocycles. The molecule has 182 valence electrons. The molecule has 0 fully saturated rings. The van der Waals surface area contributed by atoms with E-state index in [9.17, 15) is 22.4 Å². The van der Waals surface area contributed by atoms with Crippen LogP contribution in [0.5, 0.6) is 0 Å². The van der Waals surface area contributed by atoms with E-state index >= 15 is 0 Å². The van der Waals surface area contributed by atoms with Gasteiger partial charge in [0.1, 0.15) is 17.1 Å². The van der Waals surface area contributed by atoms with Crippen molar-refractivity contribution in [1.82, 2.24) is 20.0 Å². The fourth-order valence-corrected chi connectivity index (χ4v) is 3.84. The molecular weight excluding hydrogens is 515 g/mol. The average molecular weight is 529 g/mol. The molecule has 2 aromatic carbocycles. The van der Waals surface area contributed by atoms with Crippen molar-refractivity contribution < 1.29 is 31.7 Å². The number of hydrogen-bond acceptors (Lipinski definition) is 5. The van der Waals surface area contributed by atoms with Crippen LogP contribution < -0.4 is 0 Å². The van der Waals surface area contributed by atoms with Gasteiger partial charge < -0.3 is 4.52 Å². The van der Waals surface area contributed by atoms with Gasteiger partial charge >= 0.3 is 6.18 Å². The van der Waals surface area contributed by atoms with Gasteiger partial charge in [-0.3, -0.25) is 9.63 Å². The third kappa shape index (κ3) is 4.49. The van der Waals surface area contributed by atoms with E-state index in [0.717, 1.165) is 17.3 Å². The fraction of sp³-hybridized carbons (Fsp3) is 0.136. The fourth-order valence-electron chi connectivity index (χ4n) is 3.40. The molecule has 0 aliphatic heterocycles. The smallest absolute Gasteiger partial charge is 0.355 e. The summed E-state index contributed by atoms with van der Waals surface area (Å²) in [4.78, 5) is 18.0. The number of nitrogens with zero attached hydrogens (tertiary/aromatic N) is 4. The molecule has 0 aliphatic carbocycles. The Kier molecular flexibility index (Phi) is 6.58. The van der Waals surface area contributed by atoms with Crippen LogP contribution >= 0.6 is 23.2 Å². The van der Waals surface area contributed by atoms with Crippen molar-refractivity contribution in [3.63, 3.8) is 0 Å². The van der Waals surface area contributed by atoms with Crippen LogP contribution in [0.2, 0.25) is 10.0 Å². The van der Waals surface area contributed by atoms with Crippen molar-refractivity contribution in [2.24, 2.45) is 0 Å². The first kappa shape index (κ1) is 24.7. The highest BCUT2D eigenvalue weighted by atomic mass is 35.5. The van der Waals surface area contributed by atoms with Gasteiger partial charge in [0, 0.05) is 12.1 Å². The molecule has 0 saturated heterocycles. The van der Waals surface area contributed by atoms with E-state index in [1.807, 2.05) is 0 Å². The lowest BCUT2D eigenvalue weighted by Gasteiger charge is -2.15. The summed E-state index contributed by atoms with van der Waals surface area (Å²) in [5.74, 6) is -2.42. The lowest BCUT2D eigenvalue weighted by Crippen LogP contribution is -2.26. The Bertz CT molecular complexity index is 1400. The van der Waals surface area contributed by atoms with Crippen LogP contribution in [0.4, 0.5) is 17.6 Å². The lowest BCUT2D eigenvalue weighted by atomic mass is 10.0. The largest absolute Gasteiger partial charge is 0.434 e. The molecule has 13 heteroatoms. The van der Waals surface area contributed by atoms with Crippen LogP contribution in [0.1, 0.15) is 16.1 Å². The second-order valence-electron chi connectivity index (χ2n) is 7.11. The third-order valence-corrected chi connectivity index (χ3v) is 5.55. The zero-order valence-electron chi connectivity index (χ0n) is 17.9. The van der Waals surface area contributed by atoms with E-state index < -0.39 is 46.2 Å². The average Bonchev–Trinajstić information content (AvgIpc) is 3.42. The third-order valence-electron chi connectivity index (χ3n) is 5.00. The summed E-state index contributed by atoms with van der Waals surface area (Å²) < 4.78 is 63.3. The first-order valence-electron chi connectivity index (χ1n) is 9.72. The minimum atomic E-state index is -4.95. The number of rotatable bonds is 5. The molecule has 0 bridgehead atoms. The number of carbonyl (C=O) groups excluding carboxylic acids is 1. The molecule has 7 nitrogen and oxygen atoms in total. The van der Waals surface area contributed by atoms with Gasteiger partial charge in [0.25, 0.3) is 5.91 Å². The van der Waals surface area contributed by atoms with Gasteiger partial charge in [-0.15, -0.1) is 0 Å². The molecule has 35 heavy (non-hydrogen) atoms. The molecule has 0 atom stereocenters. The maximum atomic E-state index is 14.7. The second-order valence-corrected chi connectivity index (χ2v) is 7.96. The summed E-state index contributed by atoms with van der Waals surface area (Å²) in [6.45, 7) is 0. The van der Waals surface area contributed by atoms with E-state index in [-0.39, 0.29) is 21.3 Å². The molecule has 0 unspecified atom stereocenters. The molecule has 0 radical (unpaired) electrons. The Morgan fingerprint density at radius 1 is 1.17 bits per heavy atom. The molecule has 0 saturated carbocycles. The van der Waals surface area contributed by atoms with Crippen molar-refractivity contribution >= 4 is 29.1 Å². The number of aromatic nitrogens is 3. The summed E-state index contributed by atoms with van der Waals surface area (Å²) in [5.41, 5.74) is -3.10. The molecule has 4 aromatic rings. The Morgan fingerprint density at radius 2 is 1.89 bits per heavy atom. The Balaban J connectivity index is 2.03. The number of benzene rings is 2. The van der Waals surface area contributed by atoms with E-state index in [4.69, 9.17) is 32.6 Å². The lowest BCUT2D eigenvalue weighted by molar-refractivity contribution is -0.142. The maximum Gasteiger partial charge on any atom is 0.434 e. The van der Waals surface area contributed by atoms with Crippen LogP contribution in [0, 0.1) is 5.82 Å². The highest BCUT2D eigenvalue weighted by Gasteiger charge is 2.42. The molecule has 0 aliphatic rings. The minimum Gasteiger partial charge on any atom is -0.355 e. The van der Waals surface area contributed by atoms with Gasteiger partial charge in [0.05, 0.1) is 35.1 Å². The zero-order valence-corrected chi connectivity index (χ0v) is 19.4. The van der Waals surface area contributed by atoms with Crippen LogP contribution in [0.3, 0.4) is 0 Å². The minimum absolute atomic E-state index is 0.00912. The predicted octanol–water partition coefficient (Wildman–Crippen LogP) is 6.29. The van der Waals surface area contributed by atoms with Gasteiger partial charge in [0.2, 0.25) is 0 Å². The number of carbonyl (C=O) groups is 1. The molecule has 0 N–H and O–H groups in total. The second kappa shape index (κ2) is 9.33. The van der Waals surface area contributed by atoms with Gasteiger partial charge in [-0.2, -0.15) is 18.3 Å². The van der Waals surface area contributed by atoms with Gasteiger partial charge in [0.15, 0.2) is 11.5 Å². The van der Waals surface area contributed by atoms with Crippen molar-refractivity contribution in [1.29, 1.82) is 0 Å². The van der Waals surface area contributed by atoms with Gasteiger partial charge in [-0.25, -0.2) is 14.1 Å². The first-order chi connectivity index (χ1) is 16.5. The maximum absolute atomic E-state index is 14.7. The monoisotopic (exact) mass is 528 g/mol. The Labute approximate surface area is 205 Å². The Morgan fingerprint density at radius 3 is 2.51 bits per heavy atom. The number of halogens is 6. The van der Waals surface area contributed by atoms with Crippen LogP contribution in [-0.2, 0) is 11.0 Å². The quantitative estimate of drug-likeness (QED) is 0.224. The number of amides is 1. The molecule has 4 rings (SSSR count). The van der Waals surface area contributed by atoms with Crippen LogP contribution in [-0.4, -0.2) is 40.1 Å². The summed E-state index contributed by atoms with van der Waals surface area (Å²) in [6, 6.07) is 9.30. The summed E-state index contributed by atoms with van der Waals surface area (Å²) in [5, 5.41) is 8.33. The zero-order chi connectivity index (χ0) is 25.5. The van der Waals surface area contributed by atoms with Gasteiger partial charge in [-0.05, 0) is 30.3 Å². The van der Waals surface area contributed by atoms with E-state index in [1.165, 1.54) is 50.6 Å². The SMILES string of the molecule is CON(C)C(=O)c1c(-c2c(F)cccc2Cl)noc1-c1cnn(-c2cccc(Cl)c2)c1C(F)(F)F. The number of hydroxylamine groups is 2. The van der Waals surface area contributed by atoms with Crippen LogP contribution in [0.25, 0.3) is 28.3 Å². The first-order valence-corrected chi connectivity index (χ1v) is 10.5. The normalized spacial score (nSPS) is 11.7. The standard InChI is InChI=1S/C22H14Cl2F4N4O3/c1-31(34-2)21(33)17-18(16-14(24)7-4-8-15(16)25)30-35-19(17)13-10-29-32(20(13)22(26,27)28)12-6-3-5-11(23)9-12/h3-10H,1-2H3. The highest BCUT2D eigenvalue weighted by Crippen LogP contribution is 2.43. The van der Waals surface area contributed by atoms with Crippen molar-refractivity contribution in [2.75, 3.05) is 14.2 Å². The molecule has 2 heterocycles. The van der Waals surface area contributed by atoms with Crippen molar-refractivity contribution in [3.8, 4) is 28.3 Å². The summed E-state index contributed by atoms with van der Waals surface area (Å²) >= 11 is 12.1. The van der Waals surface area contributed by atoms with E-state index in [1.54, 1.807) is 0 Å². The molecular formula is C22H14Cl2F4N4O3. The van der Waals surface area contributed by atoms with Crippen LogP contribution in [0.15, 0.2) is 53.2 Å². The predicted molar refractivity (Wildman–Crippen MR) is 119 cm³/mol. The number of hydrogen-bond donors (Lipinski definition) is 0.